The fraction of sp³-hybridized carbons (Fsp3) is 0.778. The molecule has 80 valence electrons. The summed E-state index contributed by atoms with van der Waals surface area (Å²) in [4.78, 5) is 18.0. The summed E-state index contributed by atoms with van der Waals surface area (Å²) in [5, 5.41) is 7.42. The fourth-order valence-electron chi connectivity index (χ4n) is 1.64. The first-order valence-electron chi connectivity index (χ1n) is 4.81. The third kappa shape index (κ3) is 2.90. The maximum absolute atomic E-state index is 9.00. The van der Waals surface area contributed by atoms with Gasteiger partial charge in [-0.15, -0.1) is 0 Å². The van der Waals surface area contributed by atoms with Crippen LogP contribution in [-0.2, 0) is 4.79 Å². The molecule has 1 saturated heterocycles. The second kappa shape index (κ2) is 4.83. The van der Waals surface area contributed by atoms with E-state index in [9.17, 15) is 0 Å². The van der Waals surface area contributed by atoms with E-state index in [1.54, 1.807) is 0 Å². The molecule has 14 heavy (non-hydrogen) atoms. The standard InChI is InChI=1S/C7H13N3.C2H4O2/c1-9-4-2-5-10-6-3-8-7(9)10;1-2(3)4/h2-6H2,1H3;1H3,(H,3,4). The SMILES string of the molecule is CC(=O)O.CN1CCCN2CCN=C12. The van der Waals surface area contributed by atoms with E-state index in [0.717, 1.165) is 20.0 Å². The first kappa shape index (κ1) is 10.8. The highest BCUT2D eigenvalue weighted by molar-refractivity contribution is 5.81. The number of carboxylic acids is 1. The van der Waals surface area contributed by atoms with E-state index in [1.165, 1.54) is 25.5 Å². The molecule has 2 rings (SSSR count). The lowest BCUT2D eigenvalue weighted by molar-refractivity contribution is -0.134. The van der Waals surface area contributed by atoms with Gasteiger partial charge in [-0.1, -0.05) is 0 Å². The lowest BCUT2D eigenvalue weighted by Crippen LogP contribution is -2.45. The van der Waals surface area contributed by atoms with Crippen molar-refractivity contribution in [2.24, 2.45) is 4.99 Å². The molecule has 0 radical (unpaired) electrons. The molecule has 5 nitrogen and oxygen atoms in total. The molecule has 0 aromatic rings. The van der Waals surface area contributed by atoms with Crippen LogP contribution in [0.3, 0.4) is 0 Å². The summed E-state index contributed by atoms with van der Waals surface area (Å²) >= 11 is 0. The lowest BCUT2D eigenvalue weighted by atomic mass is 10.3. The van der Waals surface area contributed by atoms with E-state index in [0.29, 0.717) is 0 Å². The van der Waals surface area contributed by atoms with Crippen LogP contribution in [0, 0.1) is 0 Å². The van der Waals surface area contributed by atoms with Crippen molar-refractivity contribution in [2.75, 3.05) is 33.2 Å². The van der Waals surface area contributed by atoms with Gasteiger partial charge in [-0.3, -0.25) is 9.79 Å². The number of carbonyl (C=O) groups is 1. The smallest absolute Gasteiger partial charge is 0.300 e. The number of fused-ring (bicyclic) bond motifs is 1. The summed E-state index contributed by atoms with van der Waals surface area (Å²) in [6.45, 7) is 5.61. The molecule has 2 aliphatic rings. The zero-order valence-electron chi connectivity index (χ0n) is 8.73. The highest BCUT2D eigenvalue weighted by atomic mass is 16.4. The summed E-state index contributed by atoms with van der Waals surface area (Å²) < 4.78 is 0. The van der Waals surface area contributed by atoms with Gasteiger partial charge < -0.3 is 14.9 Å². The summed E-state index contributed by atoms with van der Waals surface area (Å²) in [5.41, 5.74) is 0. The Balaban J connectivity index is 0.000000213. The van der Waals surface area contributed by atoms with Crippen LogP contribution in [0.25, 0.3) is 0 Å². The van der Waals surface area contributed by atoms with Gasteiger partial charge in [-0.2, -0.15) is 0 Å². The molecule has 1 fully saturated rings. The van der Waals surface area contributed by atoms with E-state index >= 15 is 0 Å². The van der Waals surface area contributed by atoms with E-state index in [1.807, 2.05) is 0 Å². The minimum absolute atomic E-state index is 0.833. The quantitative estimate of drug-likeness (QED) is 0.600. The van der Waals surface area contributed by atoms with Gasteiger partial charge in [-0.05, 0) is 6.42 Å². The van der Waals surface area contributed by atoms with Crippen molar-refractivity contribution in [3.8, 4) is 0 Å². The predicted octanol–water partition coefficient (Wildman–Crippen LogP) is 0.0844. The van der Waals surface area contributed by atoms with Gasteiger partial charge in [0.05, 0.1) is 6.54 Å². The average molecular weight is 199 g/mol. The summed E-state index contributed by atoms with van der Waals surface area (Å²) in [5.74, 6) is 0.381. The van der Waals surface area contributed by atoms with Crippen molar-refractivity contribution in [1.82, 2.24) is 9.80 Å². The van der Waals surface area contributed by atoms with Gasteiger partial charge in [0, 0.05) is 33.6 Å². The summed E-state index contributed by atoms with van der Waals surface area (Å²) in [6.07, 6.45) is 1.29. The average Bonchev–Trinajstić information content (AvgIpc) is 2.52. The third-order valence-electron chi connectivity index (χ3n) is 2.17. The third-order valence-corrected chi connectivity index (χ3v) is 2.17. The van der Waals surface area contributed by atoms with Gasteiger partial charge >= 0.3 is 0 Å². The molecule has 2 aliphatic heterocycles. The first-order valence-corrected chi connectivity index (χ1v) is 4.81. The minimum atomic E-state index is -0.833. The van der Waals surface area contributed by atoms with Crippen molar-refractivity contribution in [3.63, 3.8) is 0 Å². The first-order chi connectivity index (χ1) is 6.61. The second-order valence-electron chi connectivity index (χ2n) is 3.46. The van der Waals surface area contributed by atoms with Gasteiger partial charge in [0.25, 0.3) is 5.97 Å². The second-order valence-corrected chi connectivity index (χ2v) is 3.46. The molecule has 0 unspecified atom stereocenters. The van der Waals surface area contributed by atoms with Crippen LogP contribution in [-0.4, -0.2) is 60.1 Å². The minimum Gasteiger partial charge on any atom is -0.481 e. The van der Waals surface area contributed by atoms with Crippen molar-refractivity contribution in [1.29, 1.82) is 0 Å². The van der Waals surface area contributed by atoms with Crippen LogP contribution >= 0.6 is 0 Å². The number of aliphatic imine (C=N–C) groups is 1. The Morgan fingerprint density at radius 1 is 1.43 bits per heavy atom. The van der Waals surface area contributed by atoms with Gasteiger partial charge in [-0.25, -0.2) is 0 Å². The number of nitrogens with zero attached hydrogens (tertiary/aromatic N) is 3. The topological polar surface area (TPSA) is 56.1 Å². The zero-order valence-corrected chi connectivity index (χ0v) is 8.73. The molecule has 2 heterocycles. The normalized spacial score (nSPS) is 19.4. The summed E-state index contributed by atoms with van der Waals surface area (Å²) in [7, 11) is 2.12. The largest absolute Gasteiger partial charge is 0.481 e. The van der Waals surface area contributed by atoms with E-state index in [4.69, 9.17) is 9.90 Å². The molecular weight excluding hydrogens is 182 g/mol. The molecule has 0 amide bonds. The van der Waals surface area contributed by atoms with Crippen molar-refractivity contribution < 1.29 is 9.90 Å². The Bertz CT molecular complexity index is 236. The molecule has 0 bridgehead atoms. The van der Waals surface area contributed by atoms with Crippen molar-refractivity contribution in [2.45, 2.75) is 13.3 Å². The van der Waals surface area contributed by atoms with Crippen LogP contribution < -0.4 is 0 Å². The molecular formula is C9H17N3O2. The predicted molar refractivity (Wildman–Crippen MR) is 54.4 cm³/mol. The molecule has 5 heteroatoms. The Labute approximate surface area is 84.0 Å². The molecule has 0 aromatic carbocycles. The molecule has 0 aromatic heterocycles. The maximum atomic E-state index is 9.00. The lowest BCUT2D eigenvalue weighted by Gasteiger charge is -2.32. The van der Waals surface area contributed by atoms with E-state index in [-0.39, 0.29) is 0 Å². The van der Waals surface area contributed by atoms with E-state index < -0.39 is 5.97 Å². The van der Waals surface area contributed by atoms with Gasteiger partial charge in [0.15, 0.2) is 5.96 Å². The Morgan fingerprint density at radius 2 is 2.07 bits per heavy atom. The van der Waals surface area contributed by atoms with Crippen LogP contribution in [0.5, 0.6) is 0 Å². The monoisotopic (exact) mass is 199 g/mol. The molecule has 0 saturated carbocycles. The molecule has 0 atom stereocenters. The van der Waals surface area contributed by atoms with Gasteiger partial charge in [0.1, 0.15) is 0 Å². The van der Waals surface area contributed by atoms with Crippen LogP contribution in [0.4, 0.5) is 0 Å². The summed E-state index contributed by atoms with van der Waals surface area (Å²) in [6, 6.07) is 0. The number of guanidine groups is 1. The number of hydrogen-bond donors (Lipinski definition) is 1. The molecule has 1 N–H and O–H groups in total. The maximum Gasteiger partial charge on any atom is 0.300 e. The van der Waals surface area contributed by atoms with Crippen molar-refractivity contribution in [3.05, 3.63) is 0 Å². The Kier molecular flexibility index (Phi) is 3.73. The zero-order chi connectivity index (χ0) is 10.6. The number of aliphatic carboxylic acids is 1. The van der Waals surface area contributed by atoms with Gasteiger partial charge in [0.2, 0.25) is 0 Å². The highest BCUT2D eigenvalue weighted by Crippen LogP contribution is 2.10. The van der Waals surface area contributed by atoms with E-state index in [2.05, 4.69) is 21.8 Å². The number of carboxylic acid groups (broad SMARTS) is 1. The molecule has 0 spiro atoms. The van der Waals surface area contributed by atoms with Crippen molar-refractivity contribution >= 4 is 11.9 Å². The van der Waals surface area contributed by atoms with Crippen LogP contribution in [0.1, 0.15) is 13.3 Å². The Morgan fingerprint density at radius 3 is 2.64 bits per heavy atom. The van der Waals surface area contributed by atoms with Crippen LogP contribution in [0.15, 0.2) is 4.99 Å². The number of hydrogen-bond acceptors (Lipinski definition) is 4. The fourth-order valence-corrected chi connectivity index (χ4v) is 1.64. The number of rotatable bonds is 0. The molecule has 0 aliphatic carbocycles. The highest BCUT2D eigenvalue weighted by Gasteiger charge is 2.23. The Hall–Kier alpha value is -1.26. The van der Waals surface area contributed by atoms with Crippen LogP contribution in [0.2, 0.25) is 0 Å².